The minimum absolute atomic E-state index is 0.00187. The van der Waals surface area contributed by atoms with E-state index in [9.17, 15) is 13.2 Å². The third-order valence-corrected chi connectivity index (χ3v) is 7.35. The molecule has 0 aliphatic carbocycles. The zero-order valence-corrected chi connectivity index (χ0v) is 18.4. The van der Waals surface area contributed by atoms with Gasteiger partial charge in [-0.2, -0.15) is 5.10 Å². The number of benzene rings is 2. The van der Waals surface area contributed by atoms with Crippen LogP contribution in [0.1, 0.15) is 22.3 Å². The molecule has 1 unspecified atom stereocenters. The highest BCUT2D eigenvalue weighted by atomic mass is 32.2. The van der Waals surface area contributed by atoms with Gasteiger partial charge in [0.25, 0.3) is 5.91 Å². The molecule has 0 saturated carbocycles. The molecule has 0 spiro atoms. The van der Waals surface area contributed by atoms with Crippen molar-refractivity contribution in [2.75, 3.05) is 25.7 Å². The smallest absolute Gasteiger partial charge is 0.257 e. The molecule has 1 atom stereocenters. The van der Waals surface area contributed by atoms with Crippen LogP contribution in [0.5, 0.6) is 5.75 Å². The molecule has 162 valence electrons. The number of carbonyl (C=O) groups is 1. The fourth-order valence-electron chi connectivity index (χ4n) is 3.85. The molecule has 1 aromatic heterocycles. The third kappa shape index (κ3) is 4.64. The van der Waals surface area contributed by atoms with Gasteiger partial charge in [-0.25, -0.2) is 8.42 Å². The van der Waals surface area contributed by atoms with Crippen molar-refractivity contribution in [2.24, 2.45) is 0 Å². The zero-order valence-electron chi connectivity index (χ0n) is 17.6. The predicted octanol–water partition coefficient (Wildman–Crippen LogP) is 2.87. The van der Waals surface area contributed by atoms with Gasteiger partial charge in [-0.3, -0.25) is 9.48 Å². The summed E-state index contributed by atoms with van der Waals surface area (Å²) in [6.07, 6.45) is 2.20. The zero-order chi connectivity index (χ0) is 22.0. The highest BCUT2D eigenvalue weighted by Crippen LogP contribution is 2.28. The summed E-state index contributed by atoms with van der Waals surface area (Å²) in [5.41, 5.74) is 2.82. The van der Waals surface area contributed by atoms with E-state index in [2.05, 4.69) is 0 Å². The van der Waals surface area contributed by atoms with Crippen LogP contribution in [0.2, 0.25) is 0 Å². The molecule has 1 aliphatic heterocycles. The van der Waals surface area contributed by atoms with Crippen LogP contribution in [-0.4, -0.2) is 60.7 Å². The van der Waals surface area contributed by atoms with Gasteiger partial charge in [0, 0.05) is 24.8 Å². The van der Waals surface area contributed by atoms with Crippen molar-refractivity contribution in [3.8, 4) is 17.0 Å². The van der Waals surface area contributed by atoms with Crippen molar-refractivity contribution < 1.29 is 17.9 Å². The fraction of sp³-hybridized carbons (Fsp3) is 0.304. The maximum absolute atomic E-state index is 13.4. The summed E-state index contributed by atoms with van der Waals surface area (Å²) in [6, 6.07) is 17.0. The number of methoxy groups -OCH3 is 1. The Morgan fingerprint density at radius 2 is 1.97 bits per heavy atom. The quantitative estimate of drug-likeness (QED) is 0.590. The lowest BCUT2D eigenvalue weighted by Gasteiger charge is -2.23. The maximum Gasteiger partial charge on any atom is 0.257 e. The van der Waals surface area contributed by atoms with E-state index in [4.69, 9.17) is 9.84 Å². The van der Waals surface area contributed by atoms with Crippen LogP contribution in [0.3, 0.4) is 0 Å². The molecule has 2 aromatic carbocycles. The summed E-state index contributed by atoms with van der Waals surface area (Å²) < 4.78 is 30.9. The fourth-order valence-corrected chi connectivity index (χ4v) is 5.62. The lowest BCUT2D eigenvalue weighted by atomic mass is 10.1. The van der Waals surface area contributed by atoms with Crippen molar-refractivity contribution in [2.45, 2.75) is 19.0 Å². The molecule has 1 aliphatic rings. The molecule has 0 radical (unpaired) electrons. The van der Waals surface area contributed by atoms with E-state index in [0.717, 1.165) is 11.1 Å². The average molecular weight is 440 g/mol. The Balaban J connectivity index is 1.71. The maximum atomic E-state index is 13.4. The van der Waals surface area contributed by atoms with E-state index < -0.39 is 9.84 Å². The van der Waals surface area contributed by atoms with Gasteiger partial charge in [0.15, 0.2) is 9.84 Å². The van der Waals surface area contributed by atoms with Crippen LogP contribution in [0, 0.1) is 0 Å². The summed E-state index contributed by atoms with van der Waals surface area (Å²) in [7, 11) is 0.161. The molecule has 1 saturated heterocycles. The van der Waals surface area contributed by atoms with Gasteiger partial charge in [0.05, 0.1) is 30.7 Å². The monoisotopic (exact) mass is 439 g/mol. The minimum Gasteiger partial charge on any atom is -0.497 e. The lowest BCUT2D eigenvalue weighted by Crippen LogP contribution is -2.37. The number of carbonyl (C=O) groups excluding carboxylic acids is 1. The Bertz CT molecular complexity index is 1190. The molecule has 7 nitrogen and oxygen atoms in total. The Kier molecular flexibility index (Phi) is 5.82. The number of hydrogen-bond acceptors (Lipinski definition) is 5. The van der Waals surface area contributed by atoms with E-state index >= 15 is 0 Å². The summed E-state index contributed by atoms with van der Waals surface area (Å²) >= 11 is 0. The van der Waals surface area contributed by atoms with Crippen LogP contribution < -0.4 is 4.74 Å². The van der Waals surface area contributed by atoms with Crippen LogP contribution in [0.15, 0.2) is 60.8 Å². The first-order valence-electron chi connectivity index (χ1n) is 10.1. The van der Waals surface area contributed by atoms with Gasteiger partial charge in [0.2, 0.25) is 0 Å². The van der Waals surface area contributed by atoms with Crippen molar-refractivity contribution in [3.63, 3.8) is 0 Å². The number of ether oxygens (including phenoxy) is 1. The first-order valence-corrected chi connectivity index (χ1v) is 11.9. The van der Waals surface area contributed by atoms with Gasteiger partial charge in [-0.05, 0) is 24.1 Å². The Hall–Kier alpha value is -3.13. The van der Waals surface area contributed by atoms with Gasteiger partial charge >= 0.3 is 0 Å². The van der Waals surface area contributed by atoms with E-state index in [0.29, 0.717) is 30.0 Å². The molecule has 4 rings (SSSR count). The number of aromatic nitrogens is 2. The van der Waals surface area contributed by atoms with Gasteiger partial charge in [-0.15, -0.1) is 0 Å². The summed E-state index contributed by atoms with van der Waals surface area (Å²) in [5, 5.41) is 4.71. The van der Waals surface area contributed by atoms with Crippen LogP contribution in [0.25, 0.3) is 11.3 Å². The molecule has 0 bridgehead atoms. The summed E-state index contributed by atoms with van der Waals surface area (Å²) in [4.78, 5) is 14.9. The van der Waals surface area contributed by atoms with Gasteiger partial charge < -0.3 is 9.64 Å². The topological polar surface area (TPSA) is 81.5 Å². The molecule has 0 N–H and O–H groups in total. The number of nitrogens with zero attached hydrogens (tertiary/aromatic N) is 3. The van der Waals surface area contributed by atoms with E-state index in [1.54, 1.807) is 25.0 Å². The molecule has 1 fully saturated rings. The first kappa shape index (κ1) is 21.1. The third-order valence-electron chi connectivity index (χ3n) is 5.60. The minimum atomic E-state index is -3.09. The van der Waals surface area contributed by atoms with Crippen molar-refractivity contribution in [1.29, 1.82) is 0 Å². The van der Waals surface area contributed by atoms with Crippen molar-refractivity contribution >= 4 is 15.7 Å². The van der Waals surface area contributed by atoms with Crippen LogP contribution in [0.4, 0.5) is 0 Å². The predicted molar refractivity (Wildman–Crippen MR) is 119 cm³/mol. The largest absolute Gasteiger partial charge is 0.497 e. The van der Waals surface area contributed by atoms with Crippen molar-refractivity contribution in [3.05, 3.63) is 71.9 Å². The van der Waals surface area contributed by atoms with Crippen LogP contribution in [-0.2, 0) is 16.4 Å². The Morgan fingerprint density at radius 1 is 1.19 bits per heavy atom. The SMILES string of the molecule is COc1cccc(-c2nn(Cc3ccccc3)cc2C(=O)N(C)C2CCS(=O)(=O)C2)c1. The van der Waals surface area contributed by atoms with E-state index in [1.807, 2.05) is 54.6 Å². The van der Waals surface area contributed by atoms with Crippen LogP contribution >= 0.6 is 0 Å². The molecular formula is C23H25N3O4S. The Morgan fingerprint density at radius 3 is 2.65 bits per heavy atom. The molecular weight excluding hydrogens is 414 g/mol. The standard InChI is InChI=1S/C23H25N3O4S/c1-25(19-11-12-31(28,29)16-19)23(27)21-15-26(14-17-7-4-3-5-8-17)24-22(21)18-9-6-10-20(13-18)30-2/h3-10,13,15,19H,11-12,14,16H2,1-2H3. The second-order valence-corrected chi connectivity index (χ2v) is 10.0. The Labute approximate surface area is 182 Å². The highest BCUT2D eigenvalue weighted by molar-refractivity contribution is 7.91. The average Bonchev–Trinajstić information content (AvgIpc) is 3.36. The molecule has 3 aromatic rings. The number of amides is 1. The normalized spacial score (nSPS) is 17.4. The number of rotatable bonds is 6. The summed E-state index contributed by atoms with van der Waals surface area (Å²) in [6.45, 7) is 0.520. The van der Waals surface area contributed by atoms with Crippen molar-refractivity contribution in [1.82, 2.24) is 14.7 Å². The molecule has 8 heteroatoms. The highest BCUT2D eigenvalue weighted by Gasteiger charge is 2.34. The van der Waals surface area contributed by atoms with Gasteiger partial charge in [-0.1, -0.05) is 42.5 Å². The molecule has 2 heterocycles. The first-order chi connectivity index (χ1) is 14.9. The van der Waals surface area contributed by atoms with E-state index in [1.165, 1.54) is 4.90 Å². The molecule has 31 heavy (non-hydrogen) atoms. The number of hydrogen-bond donors (Lipinski definition) is 0. The van der Waals surface area contributed by atoms with Gasteiger partial charge in [0.1, 0.15) is 11.4 Å². The lowest BCUT2D eigenvalue weighted by molar-refractivity contribution is 0.0748. The molecule has 1 amide bonds. The number of sulfone groups is 1. The second kappa shape index (κ2) is 8.55. The van der Waals surface area contributed by atoms with E-state index in [-0.39, 0.29) is 23.5 Å². The second-order valence-electron chi connectivity index (χ2n) is 7.78. The summed E-state index contributed by atoms with van der Waals surface area (Å²) in [5.74, 6) is 0.552.